The molecule has 31 heavy (non-hydrogen) atoms. The first-order valence-corrected chi connectivity index (χ1v) is 9.70. The zero-order valence-corrected chi connectivity index (χ0v) is 17.5. The number of phenols is 1. The van der Waals surface area contributed by atoms with Gasteiger partial charge in [-0.05, 0) is 55.0 Å². The van der Waals surface area contributed by atoms with Gasteiger partial charge in [0.15, 0.2) is 0 Å². The zero-order valence-electron chi connectivity index (χ0n) is 16.7. The smallest absolute Gasteiger partial charge is 0.262 e. The van der Waals surface area contributed by atoms with Gasteiger partial charge in [0.05, 0.1) is 17.8 Å². The topological polar surface area (TPSA) is 97.0 Å². The summed E-state index contributed by atoms with van der Waals surface area (Å²) in [6.45, 7) is 1.91. The molecule has 7 nitrogen and oxygen atoms in total. The average molecular weight is 436 g/mol. The monoisotopic (exact) mass is 435 g/mol. The quantitative estimate of drug-likeness (QED) is 0.470. The number of fused-ring (bicyclic) bond motifs is 1. The van der Waals surface area contributed by atoms with Gasteiger partial charge in [0.1, 0.15) is 28.5 Å². The third-order valence-corrected chi connectivity index (χ3v) is 4.79. The van der Waals surface area contributed by atoms with E-state index in [4.69, 9.17) is 20.8 Å². The number of anilines is 1. The Hall–Kier alpha value is -3.84. The molecule has 0 spiro atoms. The van der Waals surface area contributed by atoms with Crippen LogP contribution in [0, 0.1) is 6.92 Å². The molecule has 0 atom stereocenters. The number of aromatic hydroxyl groups is 1. The van der Waals surface area contributed by atoms with Crippen molar-refractivity contribution in [1.82, 2.24) is 4.98 Å². The van der Waals surface area contributed by atoms with Crippen LogP contribution < -0.4 is 15.6 Å². The molecule has 156 valence electrons. The molecule has 0 saturated heterocycles. The predicted molar refractivity (Wildman–Crippen MR) is 118 cm³/mol. The third-order valence-electron chi connectivity index (χ3n) is 4.50. The van der Waals surface area contributed by atoms with Crippen molar-refractivity contribution < 1.29 is 19.1 Å². The number of hydrogen-bond acceptors (Lipinski definition) is 6. The summed E-state index contributed by atoms with van der Waals surface area (Å²) in [5.74, 6) is 0.508. The van der Waals surface area contributed by atoms with Crippen molar-refractivity contribution in [2.75, 3.05) is 12.4 Å². The zero-order chi connectivity index (χ0) is 22.0. The normalized spacial score (nSPS) is 11.5. The number of aromatic nitrogens is 1. The molecule has 0 unspecified atom stereocenters. The Morgan fingerprint density at radius 2 is 2.00 bits per heavy atom. The van der Waals surface area contributed by atoms with E-state index in [0.717, 1.165) is 5.56 Å². The lowest BCUT2D eigenvalue weighted by Crippen LogP contribution is -2.22. The van der Waals surface area contributed by atoms with Crippen LogP contribution in [0.2, 0.25) is 5.02 Å². The Morgan fingerprint density at radius 1 is 1.16 bits per heavy atom. The summed E-state index contributed by atoms with van der Waals surface area (Å²) in [5, 5.41) is 13.5. The second-order valence-corrected chi connectivity index (χ2v) is 7.20. The van der Waals surface area contributed by atoms with Crippen LogP contribution in [0.15, 0.2) is 70.2 Å². The van der Waals surface area contributed by atoms with E-state index in [9.17, 15) is 9.90 Å². The van der Waals surface area contributed by atoms with Crippen molar-refractivity contribution in [2.24, 2.45) is 4.99 Å². The molecule has 0 bridgehead atoms. The number of amides is 1. The van der Waals surface area contributed by atoms with Crippen LogP contribution in [0.25, 0.3) is 11.0 Å². The molecule has 2 aromatic heterocycles. The first-order valence-electron chi connectivity index (χ1n) is 9.32. The van der Waals surface area contributed by atoms with Crippen LogP contribution in [0.5, 0.6) is 11.5 Å². The standard InChI is InChI=1S/C23H18ClN3O4/c1-13-3-8-21(25-12-13)27-22(29)17-9-14-4-6-16(28)11-20(14)31-23(17)26-15-5-7-19(30-2)18(24)10-15/h3-12,28H,1-2H3,(H,25,27,29). The van der Waals surface area contributed by atoms with Gasteiger partial charge in [-0.1, -0.05) is 17.7 Å². The molecule has 8 heteroatoms. The summed E-state index contributed by atoms with van der Waals surface area (Å²) in [7, 11) is 1.52. The van der Waals surface area contributed by atoms with E-state index in [1.54, 1.807) is 42.6 Å². The maximum Gasteiger partial charge on any atom is 0.262 e. The van der Waals surface area contributed by atoms with Crippen molar-refractivity contribution in [3.8, 4) is 11.5 Å². The summed E-state index contributed by atoms with van der Waals surface area (Å²) in [5.41, 5.74) is 2.09. The van der Waals surface area contributed by atoms with E-state index in [1.807, 2.05) is 13.0 Å². The number of pyridine rings is 1. The Bertz CT molecular complexity index is 1350. The van der Waals surface area contributed by atoms with E-state index >= 15 is 0 Å². The van der Waals surface area contributed by atoms with E-state index in [2.05, 4.69) is 15.3 Å². The Labute approximate surface area is 182 Å². The molecule has 2 heterocycles. The number of benzene rings is 2. The number of halogens is 1. The molecule has 2 aromatic carbocycles. The van der Waals surface area contributed by atoms with Gasteiger partial charge in [-0.15, -0.1) is 0 Å². The highest BCUT2D eigenvalue weighted by atomic mass is 35.5. The van der Waals surface area contributed by atoms with Gasteiger partial charge in [0, 0.05) is 17.6 Å². The van der Waals surface area contributed by atoms with Crippen molar-refractivity contribution in [2.45, 2.75) is 6.92 Å². The van der Waals surface area contributed by atoms with Crippen molar-refractivity contribution in [1.29, 1.82) is 0 Å². The number of ether oxygens (including phenoxy) is 1. The summed E-state index contributed by atoms with van der Waals surface area (Å²) < 4.78 is 11.0. The minimum atomic E-state index is -0.437. The summed E-state index contributed by atoms with van der Waals surface area (Å²) >= 11 is 6.20. The molecule has 0 saturated carbocycles. The average Bonchev–Trinajstić information content (AvgIpc) is 2.75. The fraction of sp³-hybridized carbons (Fsp3) is 0.0870. The second kappa shape index (κ2) is 8.49. The number of aryl methyl sites for hydroxylation is 1. The lowest BCUT2D eigenvalue weighted by molar-refractivity contribution is 0.102. The molecular formula is C23H18ClN3O4. The second-order valence-electron chi connectivity index (χ2n) is 6.79. The maximum absolute atomic E-state index is 13.0. The number of nitrogens with zero attached hydrogens (tertiary/aromatic N) is 2. The number of nitrogens with one attached hydrogen (secondary N) is 1. The first-order chi connectivity index (χ1) is 14.9. The third kappa shape index (κ3) is 4.51. The highest BCUT2D eigenvalue weighted by Gasteiger charge is 2.14. The minimum absolute atomic E-state index is 0.0377. The Morgan fingerprint density at radius 3 is 2.71 bits per heavy atom. The predicted octanol–water partition coefficient (Wildman–Crippen LogP) is 4.99. The largest absolute Gasteiger partial charge is 0.508 e. The first kappa shape index (κ1) is 20.4. The summed E-state index contributed by atoms with van der Waals surface area (Å²) in [6.07, 6.45) is 1.66. The molecule has 0 fully saturated rings. The number of carbonyl (C=O) groups excluding carboxylic acids is 1. The molecule has 1 amide bonds. The molecule has 4 rings (SSSR count). The van der Waals surface area contributed by atoms with Crippen molar-refractivity contribution >= 4 is 40.0 Å². The van der Waals surface area contributed by atoms with Gasteiger partial charge >= 0.3 is 0 Å². The van der Waals surface area contributed by atoms with Gasteiger partial charge in [0.25, 0.3) is 5.91 Å². The van der Waals surface area contributed by atoms with Gasteiger partial charge in [-0.2, -0.15) is 0 Å². The molecule has 0 radical (unpaired) electrons. The number of carbonyl (C=O) groups is 1. The molecule has 4 aromatic rings. The molecule has 0 aliphatic rings. The van der Waals surface area contributed by atoms with E-state index in [1.165, 1.54) is 19.2 Å². The highest BCUT2D eigenvalue weighted by molar-refractivity contribution is 6.32. The lowest BCUT2D eigenvalue weighted by atomic mass is 10.1. The Balaban J connectivity index is 1.84. The van der Waals surface area contributed by atoms with Gasteiger partial charge in [-0.25, -0.2) is 9.98 Å². The van der Waals surface area contributed by atoms with E-state index in [-0.39, 0.29) is 16.9 Å². The fourth-order valence-corrected chi connectivity index (χ4v) is 3.17. The molecule has 0 aliphatic heterocycles. The van der Waals surface area contributed by atoms with E-state index in [0.29, 0.717) is 33.2 Å². The maximum atomic E-state index is 13.0. The number of rotatable bonds is 4. The number of phenolic OH excluding ortho intramolecular Hbond substituents is 1. The van der Waals surface area contributed by atoms with Crippen LogP contribution in [0.3, 0.4) is 0 Å². The van der Waals surface area contributed by atoms with Crippen LogP contribution in [-0.4, -0.2) is 23.1 Å². The summed E-state index contributed by atoms with van der Waals surface area (Å²) in [4.78, 5) is 21.7. The molecule has 2 N–H and O–H groups in total. The van der Waals surface area contributed by atoms with Gasteiger partial charge < -0.3 is 19.6 Å². The van der Waals surface area contributed by atoms with Crippen molar-refractivity contribution in [3.05, 3.63) is 82.5 Å². The summed E-state index contributed by atoms with van der Waals surface area (Å²) in [6, 6.07) is 14.8. The number of hydrogen-bond donors (Lipinski definition) is 2. The van der Waals surface area contributed by atoms with Gasteiger partial charge in [-0.3, -0.25) is 4.79 Å². The Kier molecular flexibility index (Phi) is 5.60. The number of methoxy groups -OCH3 is 1. The van der Waals surface area contributed by atoms with Crippen LogP contribution in [0.4, 0.5) is 11.5 Å². The molecular weight excluding hydrogens is 418 g/mol. The van der Waals surface area contributed by atoms with E-state index < -0.39 is 5.91 Å². The van der Waals surface area contributed by atoms with Crippen LogP contribution >= 0.6 is 11.6 Å². The van der Waals surface area contributed by atoms with Crippen LogP contribution in [-0.2, 0) is 0 Å². The molecule has 0 aliphatic carbocycles. The lowest BCUT2D eigenvalue weighted by Gasteiger charge is -2.07. The van der Waals surface area contributed by atoms with Gasteiger partial charge in [0.2, 0.25) is 5.55 Å². The van der Waals surface area contributed by atoms with Crippen molar-refractivity contribution in [3.63, 3.8) is 0 Å². The van der Waals surface area contributed by atoms with Crippen LogP contribution in [0.1, 0.15) is 15.9 Å². The fourth-order valence-electron chi connectivity index (χ4n) is 2.92. The highest BCUT2D eigenvalue weighted by Crippen LogP contribution is 2.28. The minimum Gasteiger partial charge on any atom is -0.508 e. The SMILES string of the molecule is COc1ccc(N=c2oc3cc(O)ccc3cc2C(=O)Nc2ccc(C)cn2)cc1Cl.